The van der Waals surface area contributed by atoms with E-state index in [0.29, 0.717) is 11.5 Å². The van der Waals surface area contributed by atoms with E-state index in [-0.39, 0.29) is 29.4 Å². The fraction of sp³-hybridized carbons (Fsp3) is 0.286. The van der Waals surface area contributed by atoms with Crippen molar-refractivity contribution < 1.29 is 33.1 Å². The zero-order chi connectivity index (χ0) is 22.1. The number of nitro benzene ring substituents is 1. The Hall–Kier alpha value is -3.62. The smallest absolute Gasteiger partial charge is 0.334 e. The predicted molar refractivity (Wildman–Crippen MR) is 106 cm³/mol. The molecule has 0 saturated heterocycles. The lowest BCUT2D eigenvalue weighted by Crippen LogP contribution is -2.18. The lowest BCUT2D eigenvalue weighted by atomic mass is 10.2. The Labute approximate surface area is 173 Å². The van der Waals surface area contributed by atoms with Crippen LogP contribution in [0.3, 0.4) is 0 Å². The molecule has 8 nitrogen and oxygen atoms in total. The van der Waals surface area contributed by atoms with Gasteiger partial charge >= 0.3 is 11.7 Å². The molecular formula is C21H22FNO7. The highest BCUT2D eigenvalue weighted by atomic mass is 19.1. The Morgan fingerprint density at radius 3 is 2.43 bits per heavy atom. The van der Waals surface area contributed by atoms with E-state index in [1.165, 1.54) is 25.3 Å². The van der Waals surface area contributed by atoms with E-state index in [1.54, 1.807) is 38.1 Å². The third kappa shape index (κ3) is 6.20. The van der Waals surface area contributed by atoms with Gasteiger partial charge in [-0.05, 0) is 49.7 Å². The molecule has 0 bridgehead atoms. The van der Waals surface area contributed by atoms with Crippen LogP contribution < -0.4 is 9.47 Å². The molecule has 0 amide bonds. The summed E-state index contributed by atoms with van der Waals surface area (Å²) in [6.07, 6.45) is 0.645. The van der Waals surface area contributed by atoms with E-state index in [1.807, 2.05) is 0 Å². The van der Waals surface area contributed by atoms with Crippen LogP contribution in [0.5, 0.6) is 17.2 Å². The maximum atomic E-state index is 12.8. The number of alkyl halides is 1. The van der Waals surface area contributed by atoms with Crippen molar-refractivity contribution in [3.8, 4) is 17.2 Å². The van der Waals surface area contributed by atoms with Crippen LogP contribution in [-0.4, -0.2) is 30.7 Å². The Morgan fingerprint density at radius 2 is 1.87 bits per heavy atom. The molecule has 0 heterocycles. The quantitative estimate of drug-likeness (QED) is 0.181. The molecule has 30 heavy (non-hydrogen) atoms. The second-order valence-corrected chi connectivity index (χ2v) is 6.03. The first-order valence-corrected chi connectivity index (χ1v) is 9.08. The van der Waals surface area contributed by atoms with Gasteiger partial charge in [-0.1, -0.05) is 6.07 Å². The average molecular weight is 419 g/mol. The van der Waals surface area contributed by atoms with Crippen molar-refractivity contribution in [2.45, 2.75) is 26.6 Å². The Balaban J connectivity index is 2.10. The molecule has 1 unspecified atom stereocenters. The minimum absolute atomic E-state index is 0.00160. The molecule has 0 aliphatic carbocycles. The van der Waals surface area contributed by atoms with Gasteiger partial charge in [-0.15, -0.1) is 0 Å². The van der Waals surface area contributed by atoms with Crippen LogP contribution in [0.4, 0.5) is 10.1 Å². The van der Waals surface area contributed by atoms with Gasteiger partial charge in [0, 0.05) is 6.07 Å². The van der Waals surface area contributed by atoms with Crippen LogP contribution in [0.2, 0.25) is 0 Å². The number of rotatable bonds is 10. The second-order valence-electron chi connectivity index (χ2n) is 6.03. The number of ether oxygens (including phenoxy) is 4. The first-order valence-electron chi connectivity index (χ1n) is 9.08. The fourth-order valence-electron chi connectivity index (χ4n) is 2.49. The molecule has 0 fully saturated rings. The summed E-state index contributed by atoms with van der Waals surface area (Å²) in [5.41, 5.74) is -0.135. The Morgan fingerprint density at radius 1 is 1.20 bits per heavy atom. The van der Waals surface area contributed by atoms with Crippen molar-refractivity contribution in [3.63, 3.8) is 0 Å². The van der Waals surface area contributed by atoms with Crippen molar-refractivity contribution in [1.82, 2.24) is 0 Å². The largest absolute Gasteiger partial charge is 0.497 e. The van der Waals surface area contributed by atoms with Crippen molar-refractivity contribution in [2.75, 3.05) is 13.7 Å². The summed E-state index contributed by atoms with van der Waals surface area (Å²) < 4.78 is 34.1. The van der Waals surface area contributed by atoms with Gasteiger partial charge in [0.25, 0.3) is 0 Å². The van der Waals surface area contributed by atoms with Gasteiger partial charge in [0.1, 0.15) is 23.9 Å². The van der Waals surface area contributed by atoms with Crippen LogP contribution >= 0.6 is 0 Å². The van der Waals surface area contributed by atoms with Crippen LogP contribution in [0.1, 0.15) is 19.4 Å². The highest BCUT2D eigenvalue weighted by molar-refractivity contribution is 5.82. The zero-order valence-electron chi connectivity index (χ0n) is 16.8. The molecule has 2 aromatic carbocycles. The number of methoxy groups -OCH3 is 1. The van der Waals surface area contributed by atoms with E-state index in [4.69, 9.17) is 18.9 Å². The van der Waals surface area contributed by atoms with Crippen LogP contribution in [-0.2, 0) is 20.9 Å². The third-order valence-electron chi connectivity index (χ3n) is 3.92. The van der Waals surface area contributed by atoms with Gasteiger partial charge in [0.05, 0.1) is 24.7 Å². The number of nitrogens with zero attached hydrogens (tertiary/aromatic N) is 1. The van der Waals surface area contributed by atoms with E-state index in [0.717, 1.165) is 6.07 Å². The van der Waals surface area contributed by atoms with Gasteiger partial charge in [-0.2, -0.15) is 0 Å². The molecule has 0 aliphatic rings. The van der Waals surface area contributed by atoms with E-state index in [2.05, 4.69) is 0 Å². The molecule has 0 aromatic heterocycles. The average Bonchev–Trinajstić information content (AvgIpc) is 2.73. The SMILES string of the molecule is CCOC(=O)C=C(OC)C(C)Oc1ccc(Oc2ccc(CF)cc2[N+](=O)[O-])cc1. The highest BCUT2D eigenvalue weighted by Gasteiger charge is 2.17. The molecule has 0 saturated carbocycles. The Bertz CT molecular complexity index is 912. The molecule has 160 valence electrons. The second kappa shape index (κ2) is 10.8. The lowest BCUT2D eigenvalue weighted by Gasteiger charge is -2.17. The van der Waals surface area contributed by atoms with Crippen LogP contribution in [0, 0.1) is 10.1 Å². The normalized spacial score (nSPS) is 12.1. The molecule has 2 rings (SSSR count). The summed E-state index contributed by atoms with van der Waals surface area (Å²) in [5.74, 6) is 0.550. The number of esters is 1. The summed E-state index contributed by atoms with van der Waals surface area (Å²) in [7, 11) is 1.42. The first-order chi connectivity index (χ1) is 14.4. The summed E-state index contributed by atoms with van der Waals surface area (Å²) in [5, 5.41) is 11.2. The van der Waals surface area contributed by atoms with Crippen molar-refractivity contribution in [2.24, 2.45) is 0 Å². The maximum absolute atomic E-state index is 12.8. The summed E-state index contributed by atoms with van der Waals surface area (Å²) in [4.78, 5) is 22.2. The number of hydrogen-bond donors (Lipinski definition) is 0. The van der Waals surface area contributed by atoms with Crippen LogP contribution in [0.15, 0.2) is 54.3 Å². The zero-order valence-corrected chi connectivity index (χ0v) is 16.8. The molecule has 0 radical (unpaired) electrons. The molecule has 9 heteroatoms. The predicted octanol–water partition coefficient (Wildman–Crippen LogP) is 4.72. The van der Waals surface area contributed by atoms with Gasteiger partial charge in [0.15, 0.2) is 6.10 Å². The minimum Gasteiger partial charge on any atom is -0.497 e. The standard InChI is InChI=1S/C21H22FNO7/c1-4-28-21(24)12-20(27-3)14(2)29-16-6-8-17(9-7-16)30-19-10-5-15(13-22)11-18(19)23(25)26/h5-12,14H,4,13H2,1-3H3. The van der Waals surface area contributed by atoms with Gasteiger partial charge in [0.2, 0.25) is 5.75 Å². The topological polar surface area (TPSA) is 97.1 Å². The summed E-state index contributed by atoms with van der Waals surface area (Å²) in [6.45, 7) is 2.84. The molecular weight excluding hydrogens is 397 g/mol. The number of carbonyl (C=O) groups excluding carboxylic acids is 1. The van der Waals surface area contributed by atoms with Gasteiger partial charge < -0.3 is 18.9 Å². The minimum atomic E-state index is -0.806. The van der Waals surface area contributed by atoms with E-state index >= 15 is 0 Å². The number of halogens is 1. The van der Waals surface area contributed by atoms with Gasteiger partial charge in [-0.25, -0.2) is 9.18 Å². The summed E-state index contributed by atoms with van der Waals surface area (Å²) in [6, 6.07) is 10.2. The lowest BCUT2D eigenvalue weighted by molar-refractivity contribution is -0.385. The fourth-order valence-corrected chi connectivity index (χ4v) is 2.49. The first kappa shape index (κ1) is 22.7. The number of nitro groups is 1. The van der Waals surface area contributed by atoms with Crippen LogP contribution in [0.25, 0.3) is 0 Å². The highest BCUT2D eigenvalue weighted by Crippen LogP contribution is 2.33. The Kier molecular flexibility index (Phi) is 8.16. The molecule has 0 aliphatic heterocycles. The van der Waals surface area contributed by atoms with Crippen molar-refractivity contribution in [1.29, 1.82) is 0 Å². The molecule has 1 atom stereocenters. The number of carbonyl (C=O) groups is 1. The number of benzene rings is 2. The van der Waals surface area contributed by atoms with Crippen molar-refractivity contribution >= 4 is 11.7 Å². The molecule has 0 spiro atoms. The monoisotopic (exact) mass is 419 g/mol. The van der Waals surface area contributed by atoms with Gasteiger partial charge in [-0.3, -0.25) is 10.1 Å². The van der Waals surface area contributed by atoms with Crippen molar-refractivity contribution in [3.05, 3.63) is 70.0 Å². The number of hydrogen-bond acceptors (Lipinski definition) is 7. The van der Waals surface area contributed by atoms with E-state index < -0.39 is 23.7 Å². The maximum Gasteiger partial charge on any atom is 0.334 e. The molecule has 2 aromatic rings. The molecule has 0 N–H and O–H groups in total. The summed E-state index contributed by atoms with van der Waals surface area (Å²) >= 11 is 0. The van der Waals surface area contributed by atoms with E-state index in [9.17, 15) is 19.3 Å². The third-order valence-corrected chi connectivity index (χ3v) is 3.92.